The molecule has 0 radical (unpaired) electrons. The molecule has 0 saturated carbocycles. The molecule has 0 aliphatic heterocycles. The molecule has 2 nitrogen and oxygen atoms in total. The van der Waals surface area contributed by atoms with Crippen molar-refractivity contribution in [3.8, 4) is 0 Å². The lowest BCUT2D eigenvalue weighted by Crippen LogP contribution is -2.36. The highest BCUT2D eigenvalue weighted by Crippen LogP contribution is 1.82. The lowest BCUT2D eigenvalue weighted by molar-refractivity contribution is 0.401. The largest absolute Gasteiger partial charge is 0.414 e. The third kappa shape index (κ3) is 4.35. The van der Waals surface area contributed by atoms with Crippen molar-refractivity contribution >= 4 is 17.1 Å². The first-order valence-electron chi connectivity index (χ1n) is 2.01. The van der Waals surface area contributed by atoms with Crippen molar-refractivity contribution in [2.75, 3.05) is 0 Å². The van der Waals surface area contributed by atoms with Crippen LogP contribution >= 0.6 is 0 Å². The lowest BCUT2D eigenvalue weighted by Gasteiger charge is -2.04. The summed E-state index contributed by atoms with van der Waals surface area (Å²) in [4.78, 5) is 17.2. The maximum Gasteiger partial charge on any atom is 0.299 e. The Balaban J connectivity index is 3.17. The van der Waals surface area contributed by atoms with Crippen molar-refractivity contribution in [3.63, 3.8) is 0 Å². The van der Waals surface area contributed by atoms with Crippen LogP contribution < -0.4 is 0 Å². The fraction of sp³-hybridized carbons (Fsp3) is 1.00. The van der Waals surface area contributed by atoms with Gasteiger partial charge in [0.25, 0.3) is 8.08 Å². The van der Waals surface area contributed by atoms with Crippen molar-refractivity contribution in [2.24, 2.45) is 0 Å². The Morgan fingerprint density at radius 2 is 1.67 bits per heavy atom. The standard InChI is InChI=1S/C2H10O2Si2/c1-5-6(2,3)4/h3-4H,5H2,1-2H3. The van der Waals surface area contributed by atoms with E-state index in [1.165, 1.54) is 0 Å². The van der Waals surface area contributed by atoms with E-state index >= 15 is 0 Å². The molecule has 0 aromatic carbocycles. The van der Waals surface area contributed by atoms with Crippen molar-refractivity contribution in [1.82, 2.24) is 0 Å². The normalized spacial score (nSPS) is 14.0. The predicted octanol–water partition coefficient (Wildman–Crippen LogP) is -1.24. The van der Waals surface area contributed by atoms with E-state index in [0.717, 1.165) is 0 Å². The zero-order chi connectivity index (χ0) is 5.21. The van der Waals surface area contributed by atoms with Gasteiger partial charge in [-0.1, -0.05) is 6.55 Å². The number of hydrogen-bond acceptors (Lipinski definition) is 2. The molecular weight excluding hydrogens is 112 g/mol. The van der Waals surface area contributed by atoms with Crippen LogP contribution in [0, 0.1) is 0 Å². The summed E-state index contributed by atoms with van der Waals surface area (Å²) in [5.41, 5.74) is 0. The summed E-state index contributed by atoms with van der Waals surface area (Å²) in [6, 6.07) is 0. The summed E-state index contributed by atoms with van der Waals surface area (Å²) in [6.45, 7) is 3.46. The molecule has 0 aromatic rings. The van der Waals surface area contributed by atoms with Gasteiger partial charge in [0.15, 0.2) is 0 Å². The van der Waals surface area contributed by atoms with Crippen LogP contribution in [-0.4, -0.2) is 26.7 Å². The van der Waals surface area contributed by atoms with Crippen LogP contribution in [0.4, 0.5) is 0 Å². The highest BCUT2D eigenvalue weighted by atomic mass is 29.2. The minimum Gasteiger partial charge on any atom is -0.414 e. The molecule has 0 aliphatic carbocycles. The first-order valence-corrected chi connectivity index (χ1v) is 8.14. The lowest BCUT2D eigenvalue weighted by atomic mass is 11.9. The summed E-state index contributed by atoms with van der Waals surface area (Å²) >= 11 is 0. The molecular formula is C2H10O2Si2. The molecule has 4 heteroatoms. The molecule has 0 saturated heterocycles. The average Bonchev–Trinajstić information content (AvgIpc) is 1.35. The van der Waals surface area contributed by atoms with Crippen molar-refractivity contribution in [2.45, 2.75) is 13.1 Å². The Bertz CT molecular complexity index is 39.3. The molecule has 6 heavy (non-hydrogen) atoms. The molecule has 38 valence electrons. The number of hydrogen-bond donors (Lipinski definition) is 2. The smallest absolute Gasteiger partial charge is 0.299 e. The first-order chi connectivity index (χ1) is 2.56. The zero-order valence-electron chi connectivity index (χ0n) is 4.10. The van der Waals surface area contributed by atoms with E-state index in [4.69, 9.17) is 9.59 Å². The minimum absolute atomic E-state index is 0.498. The molecule has 0 bridgehead atoms. The molecule has 0 spiro atoms. The van der Waals surface area contributed by atoms with Gasteiger partial charge in [0.1, 0.15) is 0 Å². The van der Waals surface area contributed by atoms with Gasteiger partial charge in [-0.3, -0.25) is 0 Å². The Hall–Kier alpha value is 0.354. The van der Waals surface area contributed by atoms with Gasteiger partial charge in [0.2, 0.25) is 0 Å². The highest BCUT2D eigenvalue weighted by molar-refractivity contribution is 7.15. The van der Waals surface area contributed by atoms with Gasteiger partial charge in [0, 0.05) is 0 Å². The van der Waals surface area contributed by atoms with Crippen LogP contribution in [0.2, 0.25) is 13.1 Å². The second-order valence-electron chi connectivity index (χ2n) is 1.57. The Morgan fingerprint density at radius 1 is 1.50 bits per heavy atom. The molecule has 0 fully saturated rings. The fourth-order valence-corrected chi connectivity index (χ4v) is 0. The summed E-state index contributed by atoms with van der Waals surface area (Å²) in [5, 5.41) is 0. The van der Waals surface area contributed by atoms with Gasteiger partial charge in [-0.25, -0.2) is 0 Å². The Morgan fingerprint density at radius 3 is 1.67 bits per heavy atom. The topological polar surface area (TPSA) is 40.5 Å². The monoisotopic (exact) mass is 122 g/mol. The molecule has 0 aliphatic rings. The maximum atomic E-state index is 8.58. The molecule has 2 N–H and O–H groups in total. The number of rotatable bonds is 1. The van der Waals surface area contributed by atoms with E-state index in [2.05, 4.69) is 0 Å². The van der Waals surface area contributed by atoms with Gasteiger partial charge in [-0.15, -0.1) is 0 Å². The molecule has 0 unspecified atom stereocenters. The van der Waals surface area contributed by atoms with E-state index in [-0.39, 0.29) is 0 Å². The Kier molecular flexibility index (Phi) is 1.99. The summed E-state index contributed by atoms with van der Waals surface area (Å²) in [5.74, 6) is 0. The molecule has 0 rings (SSSR count). The molecule has 0 atom stereocenters. The fourth-order valence-electron chi connectivity index (χ4n) is 0. The second kappa shape index (κ2) is 1.88. The van der Waals surface area contributed by atoms with E-state index in [1.54, 1.807) is 6.55 Å². The van der Waals surface area contributed by atoms with E-state index in [0.29, 0.717) is 0 Å². The summed E-state index contributed by atoms with van der Waals surface area (Å²) < 4.78 is 0. The van der Waals surface area contributed by atoms with E-state index < -0.39 is 17.1 Å². The van der Waals surface area contributed by atoms with Crippen LogP contribution in [0.25, 0.3) is 0 Å². The molecule has 0 amide bonds. The first kappa shape index (κ1) is 6.35. The molecule has 0 aromatic heterocycles. The van der Waals surface area contributed by atoms with Crippen molar-refractivity contribution in [3.05, 3.63) is 0 Å². The maximum absolute atomic E-state index is 8.58. The van der Waals surface area contributed by atoms with E-state index in [9.17, 15) is 0 Å². The van der Waals surface area contributed by atoms with Gasteiger partial charge in [-0.05, 0) is 6.55 Å². The Labute approximate surface area is 40.7 Å². The third-order valence-electron chi connectivity index (χ3n) is 0.670. The quantitative estimate of drug-likeness (QED) is 0.427. The van der Waals surface area contributed by atoms with Gasteiger partial charge in [-0.2, -0.15) is 0 Å². The van der Waals surface area contributed by atoms with Crippen LogP contribution in [0.3, 0.4) is 0 Å². The zero-order valence-corrected chi connectivity index (χ0v) is 6.52. The van der Waals surface area contributed by atoms with E-state index in [1.807, 2.05) is 6.55 Å². The SMILES string of the molecule is C[SiH2][Si](C)(O)O. The van der Waals surface area contributed by atoms with Crippen molar-refractivity contribution < 1.29 is 9.59 Å². The highest BCUT2D eigenvalue weighted by Gasteiger charge is 2.15. The second-order valence-corrected chi connectivity index (χ2v) is 10.9. The third-order valence-corrected chi connectivity index (χ3v) is 6.03. The van der Waals surface area contributed by atoms with Crippen LogP contribution in [0.15, 0.2) is 0 Å². The van der Waals surface area contributed by atoms with Gasteiger partial charge in [0.05, 0.1) is 9.04 Å². The summed E-state index contributed by atoms with van der Waals surface area (Å²) in [6.07, 6.45) is 0. The van der Waals surface area contributed by atoms with Gasteiger partial charge >= 0.3 is 0 Å². The van der Waals surface area contributed by atoms with Gasteiger partial charge < -0.3 is 9.59 Å². The summed E-state index contributed by atoms with van der Waals surface area (Å²) in [7, 11) is -2.99. The van der Waals surface area contributed by atoms with Crippen LogP contribution in [0.5, 0.6) is 0 Å². The van der Waals surface area contributed by atoms with Crippen LogP contribution in [-0.2, 0) is 0 Å². The minimum atomic E-state index is -2.49. The predicted molar refractivity (Wildman–Crippen MR) is 30.5 cm³/mol. The van der Waals surface area contributed by atoms with Crippen LogP contribution in [0.1, 0.15) is 0 Å². The average molecular weight is 122 g/mol. The van der Waals surface area contributed by atoms with Crippen molar-refractivity contribution in [1.29, 1.82) is 0 Å². The molecule has 0 heterocycles.